The van der Waals surface area contributed by atoms with Crippen LogP contribution < -0.4 is 16.0 Å². The molecule has 0 fully saturated rings. The Labute approximate surface area is 205 Å². The lowest BCUT2D eigenvalue weighted by molar-refractivity contribution is -0.118. The normalized spacial score (nSPS) is 11.3. The number of benzene rings is 2. The lowest BCUT2D eigenvalue weighted by Gasteiger charge is -2.11. The third-order valence-electron chi connectivity index (χ3n) is 4.93. The van der Waals surface area contributed by atoms with E-state index in [1.54, 1.807) is 0 Å². The lowest BCUT2D eigenvalue weighted by Crippen LogP contribution is -2.38. The van der Waals surface area contributed by atoms with Gasteiger partial charge in [-0.3, -0.25) is 4.79 Å². The summed E-state index contributed by atoms with van der Waals surface area (Å²) in [6, 6.07) is 12.5. The summed E-state index contributed by atoms with van der Waals surface area (Å²) in [6.45, 7) is 7.75. The Kier molecular flexibility index (Phi) is 9.96. The largest absolute Gasteiger partial charge is 0.361 e. The van der Waals surface area contributed by atoms with Gasteiger partial charge in [0.25, 0.3) is 0 Å². The molecule has 0 atom stereocenters. The van der Waals surface area contributed by atoms with Gasteiger partial charge in [-0.1, -0.05) is 26.0 Å². The molecule has 0 saturated carbocycles. The van der Waals surface area contributed by atoms with E-state index in [9.17, 15) is 9.18 Å². The van der Waals surface area contributed by atoms with Gasteiger partial charge in [0.1, 0.15) is 5.82 Å². The van der Waals surface area contributed by atoms with Gasteiger partial charge in [0, 0.05) is 41.8 Å². The van der Waals surface area contributed by atoms with E-state index in [1.807, 2.05) is 57.3 Å². The Balaban J connectivity index is 0.00000363. The van der Waals surface area contributed by atoms with Gasteiger partial charge in [0.15, 0.2) is 5.96 Å². The highest BCUT2D eigenvalue weighted by Crippen LogP contribution is 2.19. The Hall–Kier alpha value is -2.62. The third kappa shape index (κ3) is 7.22. The molecule has 3 rings (SSSR count). The van der Waals surface area contributed by atoms with Crippen molar-refractivity contribution in [3.63, 3.8) is 0 Å². The zero-order valence-corrected chi connectivity index (χ0v) is 21.0. The topological polar surface area (TPSA) is 81.3 Å². The number of H-pyrrole nitrogens is 1. The van der Waals surface area contributed by atoms with Gasteiger partial charge < -0.3 is 20.9 Å². The maximum atomic E-state index is 13.3. The van der Waals surface area contributed by atoms with Crippen molar-refractivity contribution in [1.82, 2.24) is 15.6 Å². The maximum Gasteiger partial charge on any atom is 0.226 e. The van der Waals surface area contributed by atoms with Crippen molar-refractivity contribution in [2.24, 2.45) is 10.9 Å². The Morgan fingerprint density at radius 2 is 1.88 bits per heavy atom. The summed E-state index contributed by atoms with van der Waals surface area (Å²) < 4.78 is 13.3. The first kappa shape index (κ1) is 25.6. The first-order valence-corrected chi connectivity index (χ1v) is 10.6. The average Bonchev–Trinajstić information content (AvgIpc) is 3.14. The van der Waals surface area contributed by atoms with Crippen LogP contribution in [-0.4, -0.2) is 29.9 Å². The molecule has 0 unspecified atom stereocenters. The Bertz CT molecular complexity index is 1050. The predicted molar refractivity (Wildman–Crippen MR) is 140 cm³/mol. The maximum absolute atomic E-state index is 13.3. The Morgan fingerprint density at radius 3 is 2.56 bits per heavy atom. The first-order chi connectivity index (χ1) is 15.0. The lowest BCUT2D eigenvalue weighted by atomic mass is 10.1. The van der Waals surface area contributed by atoms with Crippen molar-refractivity contribution in [1.29, 1.82) is 0 Å². The van der Waals surface area contributed by atoms with Crippen molar-refractivity contribution in [3.8, 4) is 0 Å². The molecular weight excluding hydrogens is 520 g/mol. The van der Waals surface area contributed by atoms with Crippen molar-refractivity contribution < 1.29 is 9.18 Å². The fourth-order valence-corrected chi connectivity index (χ4v) is 3.17. The van der Waals surface area contributed by atoms with Crippen LogP contribution in [0.4, 0.5) is 10.1 Å². The van der Waals surface area contributed by atoms with Crippen LogP contribution in [-0.2, 0) is 17.8 Å². The van der Waals surface area contributed by atoms with Gasteiger partial charge in [-0.25, -0.2) is 9.38 Å². The number of aromatic amines is 1. The Morgan fingerprint density at radius 1 is 1.12 bits per heavy atom. The fraction of sp³-hybridized carbons (Fsp3) is 0.333. The van der Waals surface area contributed by atoms with Crippen molar-refractivity contribution in [2.45, 2.75) is 33.7 Å². The zero-order chi connectivity index (χ0) is 22.2. The number of carbonyl (C=O) groups is 1. The van der Waals surface area contributed by atoms with Crippen LogP contribution in [0.15, 0.2) is 53.7 Å². The van der Waals surface area contributed by atoms with E-state index in [0.717, 1.165) is 46.6 Å². The molecule has 4 N–H and O–H groups in total. The number of carbonyl (C=O) groups excluding carboxylic acids is 1. The summed E-state index contributed by atoms with van der Waals surface area (Å²) in [7, 11) is 0. The molecule has 0 saturated heterocycles. The quantitative estimate of drug-likeness (QED) is 0.184. The summed E-state index contributed by atoms with van der Waals surface area (Å²) in [4.78, 5) is 19.6. The van der Waals surface area contributed by atoms with Gasteiger partial charge in [-0.2, -0.15) is 0 Å². The molecule has 0 aliphatic carbocycles. The minimum absolute atomic E-state index is 0. The molecule has 1 heterocycles. The molecule has 0 radical (unpaired) electrons. The molecule has 2 aromatic carbocycles. The second-order valence-electron chi connectivity index (χ2n) is 7.72. The molecule has 32 heavy (non-hydrogen) atoms. The van der Waals surface area contributed by atoms with Gasteiger partial charge in [-0.05, 0) is 54.8 Å². The number of rotatable bonds is 8. The summed E-state index contributed by atoms with van der Waals surface area (Å²) in [6.07, 6.45) is 2.72. The molecule has 0 aliphatic heterocycles. The second kappa shape index (κ2) is 12.4. The number of nitrogens with zero attached hydrogens (tertiary/aromatic N) is 1. The molecule has 0 spiro atoms. The number of aromatic nitrogens is 1. The monoisotopic (exact) mass is 551 g/mol. The number of hydrogen-bond acceptors (Lipinski definition) is 2. The molecule has 0 aliphatic rings. The van der Waals surface area contributed by atoms with E-state index in [4.69, 9.17) is 0 Å². The number of fused-ring (bicyclic) bond motifs is 1. The number of guanidine groups is 1. The van der Waals surface area contributed by atoms with Crippen LogP contribution in [0.5, 0.6) is 0 Å². The molecule has 3 aromatic rings. The van der Waals surface area contributed by atoms with E-state index < -0.39 is 0 Å². The van der Waals surface area contributed by atoms with Crippen LogP contribution in [0.1, 0.15) is 31.9 Å². The number of amides is 1. The van der Waals surface area contributed by atoms with Crippen LogP contribution >= 0.6 is 24.0 Å². The number of hydrogen-bond donors (Lipinski definition) is 4. The fourth-order valence-electron chi connectivity index (χ4n) is 3.17. The molecule has 6 nitrogen and oxygen atoms in total. The highest BCUT2D eigenvalue weighted by molar-refractivity contribution is 14.0. The van der Waals surface area contributed by atoms with E-state index in [2.05, 4.69) is 25.9 Å². The molecule has 172 valence electrons. The summed E-state index contributed by atoms with van der Waals surface area (Å²) in [5, 5.41) is 10.5. The van der Waals surface area contributed by atoms with Gasteiger partial charge in [0.05, 0.1) is 6.54 Å². The van der Waals surface area contributed by atoms with Gasteiger partial charge in [-0.15, -0.1) is 24.0 Å². The molecule has 0 bridgehead atoms. The molecule has 1 aromatic heterocycles. The van der Waals surface area contributed by atoms with E-state index in [1.165, 1.54) is 12.1 Å². The second-order valence-corrected chi connectivity index (χ2v) is 7.72. The summed E-state index contributed by atoms with van der Waals surface area (Å²) >= 11 is 0. The van der Waals surface area contributed by atoms with Crippen molar-refractivity contribution in [3.05, 3.63) is 65.6 Å². The average molecular weight is 551 g/mol. The van der Waals surface area contributed by atoms with Crippen LogP contribution in [0.25, 0.3) is 10.9 Å². The zero-order valence-electron chi connectivity index (χ0n) is 18.7. The number of nitrogens with one attached hydrogen (secondary N) is 4. The highest BCUT2D eigenvalue weighted by atomic mass is 127. The van der Waals surface area contributed by atoms with Crippen LogP contribution in [0.3, 0.4) is 0 Å². The predicted octanol–water partition coefficient (Wildman–Crippen LogP) is 4.82. The molecule has 8 heteroatoms. The highest BCUT2D eigenvalue weighted by Gasteiger charge is 2.07. The minimum atomic E-state index is -0.240. The third-order valence-corrected chi connectivity index (χ3v) is 4.93. The first-order valence-electron chi connectivity index (χ1n) is 10.6. The van der Waals surface area contributed by atoms with Crippen LogP contribution in [0.2, 0.25) is 0 Å². The van der Waals surface area contributed by atoms with Crippen LogP contribution in [0, 0.1) is 11.7 Å². The van der Waals surface area contributed by atoms with E-state index in [0.29, 0.717) is 13.1 Å². The molecular formula is C24H31FIN5O. The smallest absolute Gasteiger partial charge is 0.226 e. The molecule has 1 amide bonds. The van der Waals surface area contributed by atoms with Gasteiger partial charge in [0.2, 0.25) is 5.91 Å². The van der Waals surface area contributed by atoms with E-state index >= 15 is 0 Å². The summed E-state index contributed by atoms with van der Waals surface area (Å²) in [5.74, 6) is 0.453. The minimum Gasteiger partial charge on any atom is -0.361 e. The number of anilines is 1. The number of aliphatic imine (C=N–C) groups is 1. The van der Waals surface area contributed by atoms with E-state index in [-0.39, 0.29) is 41.6 Å². The van der Waals surface area contributed by atoms with Crippen molar-refractivity contribution in [2.75, 3.05) is 18.4 Å². The van der Waals surface area contributed by atoms with Gasteiger partial charge >= 0.3 is 0 Å². The van der Waals surface area contributed by atoms with Crippen molar-refractivity contribution >= 4 is 52.4 Å². The summed E-state index contributed by atoms with van der Waals surface area (Å²) in [5.41, 5.74) is 3.79. The standard InChI is InChI=1S/C24H30FN5O.HI/c1-4-26-24(27-12-11-18-15-28-22-13-19(25)7-10-21(18)22)29-14-17-5-8-20(9-6-17)30-23(31)16(2)3;/h5-10,13,15-16,28H,4,11-12,14H2,1-3H3,(H,30,31)(H2,26,27,29);1H. The SMILES string of the molecule is CCNC(=NCc1ccc(NC(=O)C(C)C)cc1)NCCc1c[nH]c2cc(F)ccc12.I. The number of halogens is 2.